The van der Waals surface area contributed by atoms with Gasteiger partial charge in [0.05, 0.1) is 6.10 Å². The molecule has 0 heterocycles. The van der Waals surface area contributed by atoms with Crippen LogP contribution in [-0.2, 0) is 0 Å². The first-order valence-electron chi connectivity index (χ1n) is 5.23. The number of halogens is 1. The lowest BCUT2D eigenvalue weighted by Crippen LogP contribution is -2.26. The molecule has 1 aromatic carbocycles. The minimum absolute atomic E-state index is 0.247. The van der Waals surface area contributed by atoms with E-state index in [-0.39, 0.29) is 11.7 Å². The summed E-state index contributed by atoms with van der Waals surface area (Å²) in [5.74, 6) is -0.565. The van der Waals surface area contributed by atoms with E-state index in [1.165, 1.54) is 18.2 Å². The van der Waals surface area contributed by atoms with Gasteiger partial charge in [-0.1, -0.05) is 0 Å². The van der Waals surface area contributed by atoms with Gasteiger partial charge in [-0.15, -0.1) is 0 Å². The lowest BCUT2D eigenvalue weighted by Gasteiger charge is -2.07. The average Bonchev–Trinajstić information content (AvgIpc) is 2.21. The fourth-order valence-electron chi connectivity index (χ4n) is 1.28. The van der Waals surface area contributed by atoms with Gasteiger partial charge in [-0.05, 0) is 44.0 Å². The van der Waals surface area contributed by atoms with Crippen LogP contribution in [0.25, 0.3) is 0 Å². The predicted molar refractivity (Wildman–Crippen MR) is 59.8 cm³/mol. The topological polar surface area (TPSA) is 49.3 Å². The molecule has 1 atom stereocenters. The van der Waals surface area contributed by atoms with E-state index < -0.39 is 6.10 Å². The number of benzene rings is 1. The average molecular weight is 225 g/mol. The van der Waals surface area contributed by atoms with Gasteiger partial charge in [0.25, 0.3) is 5.91 Å². The Labute approximate surface area is 94.3 Å². The van der Waals surface area contributed by atoms with Crippen molar-refractivity contribution in [3.05, 3.63) is 35.1 Å². The second kappa shape index (κ2) is 5.61. The van der Waals surface area contributed by atoms with E-state index in [1.54, 1.807) is 13.8 Å². The third kappa shape index (κ3) is 3.62. The van der Waals surface area contributed by atoms with Gasteiger partial charge in [-0.2, -0.15) is 0 Å². The fourth-order valence-corrected chi connectivity index (χ4v) is 1.28. The standard InChI is InChI=1S/C12H16FNO2/c1-8-7-10(3-4-11(8)13)12(16)14-6-5-9(2)15/h3-4,7,9,15H,5-6H2,1-2H3,(H,14,16). The predicted octanol–water partition coefficient (Wildman–Crippen LogP) is 1.63. The maximum atomic E-state index is 13.0. The molecule has 0 aliphatic heterocycles. The summed E-state index contributed by atoms with van der Waals surface area (Å²) >= 11 is 0. The maximum absolute atomic E-state index is 13.0. The highest BCUT2D eigenvalue weighted by Crippen LogP contribution is 2.08. The lowest BCUT2D eigenvalue weighted by atomic mass is 10.1. The molecule has 4 heteroatoms. The zero-order valence-electron chi connectivity index (χ0n) is 9.46. The number of aliphatic hydroxyl groups excluding tert-OH is 1. The second-order valence-electron chi connectivity index (χ2n) is 3.86. The summed E-state index contributed by atoms with van der Waals surface area (Å²) in [6, 6.07) is 4.23. The molecule has 0 aromatic heterocycles. The van der Waals surface area contributed by atoms with Gasteiger partial charge in [-0.3, -0.25) is 4.79 Å². The normalized spacial score (nSPS) is 12.2. The molecule has 1 unspecified atom stereocenters. The summed E-state index contributed by atoms with van der Waals surface area (Å²) in [5, 5.41) is 11.7. The molecule has 0 fully saturated rings. The molecule has 0 radical (unpaired) electrons. The van der Waals surface area contributed by atoms with Crippen molar-refractivity contribution in [3.8, 4) is 0 Å². The van der Waals surface area contributed by atoms with Crippen molar-refractivity contribution >= 4 is 5.91 Å². The molecule has 0 bridgehead atoms. The molecular weight excluding hydrogens is 209 g/mol. The molecule has 16 heavy (non-hydrogen) atoms. The van der Waals surface area contributed by atoms with Crippen molar-refractivity contribution in [1.29, 1.82) is 0 Å². The largest absolute Gasteiger partial charge is 0.393 e. The highest BCUT2D eigenvalue weighted by atomic mass is 19.1. The summed E-state index contributed by atoms with van der Waals surface area (Å²) in [6.07, 6.45) is 0.0709. The van der Waals surface area contributed by atoms with Crippen molar-refractivity contribution in [2.45, 2.75) is 26.4 Å². The van der Waals surface area contributed by atoms with E-state index in [1.807, 2.05) is 0 Å². The molecule has 1 amide bonds. The quantitative estimate of drug-likeness (QED) is 0.818. The maximum Gasteiger partial charge on any atom is 0.251 e. The van der Waals surface area contributed by atoms with Crippen molar-refractivity contribution in [3.63, 3.8) is 0 Å². The van der Waals surface area contributed by atoms with Gasteiger partial charge in [0.2, 0.25) is 0 Å². The second-order valence-corrected chi connectivity index (χ2v) is 3.86. The minimum Gasteiger partial charge on any atom is -0.393 e. The first-order chi connectivity index (χ1) is 7.50. The number of nitrogens with one attached hydrogen (secondary N) is 1. The smallest absolute Gasteiger partial charge is 0.251 e. The number of rotatable bonds is 4. The molecule has 88 valence electrons. The first kappa shape index (κ1) is 12.6. The van der Waals surface area contributed by atoms with E-state index in [0.29, 0.717) is 24.1 Å². The number of hydrogen-bond acceptors (Lipinski definition) is 2. The first-order valence-corrected chi connectivity index (χ1v) is 5.23. The van der Waals surface area contributed by atoms with E-state index in [0.717, 1.165) is 0 Å². The molecular formula is C12H16FNO2. The Morgan fingerprint density at radius 1 is 1.56 bits per heavy atom. The van der Waals surface area contributed by atoms with Gasteiger partial charge in [-0.25, -0.2) is 4.39 Å². The fraction of sp³-hybridized carbons (Fsp3) is 0.417. The van der Waals surface area contributed by atoms with Crippen molar-refractivity contribution < 1.29 is 14.3 Å². The number of aryl methyl sites for hydroxylation is 1. The van der Waals surface area contributed by atoms with Gasteiger partial charge < -0.3 is 10.4 Å². The van der Waals surface area contributed by atoms with E-state index >= 15 is 0 Å². The summed E-state index contributed by atoms with van der Waals surface area (Å²) < 4.78 is 13.0. The Morgan fingerprint density at radius 2 is 2.25 bits per heavy atom. The molecule has 0 spiro atoms. The number of hydrogen-bond donors (Lipinski definition) is 2. The lowest BCUT2D eigenvalue weighted by molar-refractivity contribution is 0.0945. The van der Waals surface area contributed by atoms with Crippen LogP contribution in [0.15, 0.2) is 18.2 Å². The van der Waals surface area contributed by atoms with Crippen LogP contribution in [0, 0.1) is 12.7 Å². The van der Waals surface area contributed by atoms with E-state index in [2.05, 4.69) is 5.32 Å². The van der Waals surface area contributed by atoms with Crippen LogP contribution in [0.2, 0.25) is 0 Å². The monoisotopic (exact) mass is 225 g/mol. The Hall–Kier alpha value is -1.42. The summed E-state index contributed by atoms with van der Waals surface area (Å²) in [4.78, 5) is 11.6. The van der Waals surface area contributed by atoms with Crippen LogP contribution in [0.3, 0.4) is 0 Å². The van der Waals surface area contributed by atoms with Gasteiger partial charge in [0.1, 0.15) is 5.82 Å². The molecule has 0 aliphatic carbocycles. The molecule has 0 saturated heterocycles. The number of carbonyl (C=O) groups excluding carboxylic acids is 1. The Morgan fingerprint density at radius 3 is 2.81 bits per heavy atom. The van der Waals surface area contributed by atoms with Crippen LogP contribution in [0.5, 0.6) is 0 Å². The highest BCUT2D eigenvalue weighted by molar-refractivity contribution is 5.94. The molecule has 3 nitrogen and oxygen atoms in total. The van der Waals surface area contributed by atoms with Crippen molar-refractivity contribution in [1.82, 2.24) is 5.32 Å². The Kier molecular flexibility index (Phi) is 4.43. The highest BCUT2D eigenvalue weighted by Gasteiger charge is 2.07. The van der Waals surface area contributed by atoms with Gasteiger partial charge in [0.15, 0.2) is 0 Å². The molecule has 0 aliphatic rings. The third-order valence-corrected chi connectivity index (χ3v) is 2.27. The van der Waals surface area contributed by atoms with Crippen LogP contribution < -0.4 is 5.32 Å². The summed E-state index contributed by atoms with van der Waals surface area (Å²) in [7, 11) is 0. The molecule has 1 rings (SSSR count). The number of amides is 1. The molecule has 0 saturated carbocycles. The summed E-state index contributed by atoms with van der Waals surface area (Å²) in [6.45, 7) is 3.68. The van der Waals surface area contributed by atoms with Crippen LogP contribution >= 0.6 is 0 Å². The van der Waals surface area contributed by atoms with E-state index in [4.69, 9.17) is 5.11 Å². The zero-order chi connectivity index (χ0) is 12.1. The zero-order valence-corrected chi connectivity index (χ0v) is 9.46. The van der Waals surface area contributed by atoms with Crippen LogP contribution in [0.4, 0.5) is 4.39 Å². The Balaban J connectivity index is 2.56. The molecule has 2 N–H and O–H groups in total. The van der Waals surface area contributed by atoms with Crippen molar-refractivity contribution in [2.75, 3.05) is 6.54 Å². The number of carbonyl (C=O) groups is 1. The van der Waals surface area contributed by atoms with E-state index in [9.17, 15) is 9.18 Å². The van der Waals surface area contributed by atoms with Crippen LogP contribution in [-0.4, -0.2) is 23.7 Å². The minimum atomic E-state index is -0.435. The number of aliphatic hydroxyl groups is 1. The van der Waals surface area contributed by atoms with Crippen molar-refractivity contribution in [2.24, 2.45) is 0 Å². The Bertz CT molecular complexity index is 377. The third-order valence-electron chi connectivity index (χ3n) is 2.27. The van der Waals surface area contributed by atoms with Gasteiger partial charge >= 0.3 is 0 Å². The van der Waals surface area contributed by atoms with Crippen LogP contribution in [0.1, 0.15) is 29.3 Å². The molecule has 1 aromatic rings. The summed E-state index contributed by atoms with van der Waals surface area (Å²) in [5.41, 5.74) is 0.882. The SMILES string of the molecule is Cc1cc(C(=O)NCCC(C)O)ccc1F. The van der Waals surface area contributed by atoms with Gasteiger partial charge in [0, 0.05) is 12.1 Å².